The number of aryl methyl sites for hydroxylation is 2. The molecule has 0 amide bonds. The number of hydrogen-bond acceptors (Lipinski definition) is 3. The molecule has 17 heavy (non-hydrogen) atoms. The van der Waals surface area contributed by atoms with Crippen LogP contribution in [0, 0.1) is 6.92 Å². The van der Waals surface area contributed by atoms with Gasteiger partial charge in [-0.1, -0.05) is 0 Å². The number of ether oxygens (including phenoxy) is 1. The van der Waals surface area contributed by atoms with E-state index in [1.165, 1.54) is 0 Å². The second-order valence-corrected chi connectivity index (χ2v) is 5.26. The Morgan fingerprint density at radius 1 is 1.65 bits per heavy atom. The smallest absolute Gasteiger partial charge is 0.0727 e. The molecule has 1 fully saturated rings. The van der Waals surface area contributed by atoms with Gasteiger partial charge in [-0.3, -0.25) is 4.68 Å². The lowest BCUT2D eigenvalue weighted by molar-refractivity contribution is -0.0590. The average molecular weight is 238 g/mol. The number of aromatic nitrogens is 2. The van der Waals surface area contributed by atoms with Gasteiger partial charge in [-0.25, -0.2) is 0 Å². The third-order valence-corrected chi connectivity index (χ3v) is 3.72. The van der Waals surface area contributed by atoms with E-state index in [0.29, 0.717) is 6.42 Å². The Bertz CT molecular complexity index is 389. The van der Waals surface area contributed by atoms with Gasteiger partial charge in [0.25, 0.3) is 0 Å². The van der Waals surface area contributed by atoms with E-state index >= 15 is 0 Å². The van der Waals surface area contributed by atoms with E-state index in [1.54, 1.807) is 7.11 Å². The van der Waals surface area contributed by atoms with Gasteiger partial charge in [0.2, 0.25) is 0 Å². The van der Waals surface area contributed by atoms with E-state index in [4.69, 9.17) is 4.74 Å². The summed E-state index contributed by atoms with van der Waals surface area (Å²) in [6.45, 7) is 1.98. The lowest BCUT2D eigenvalue weighted by Gasteiger charge is -2.36. The fourth-order valence-corrected chi connectivity index (χ4v) is 2.82. The van der Waals surface area contributed by atoms with Crippen LogP contribution in [0.4, 0.5) is 0 Å². The van der Waals surface area contributed by atoms with Gasteiger partial charge >= 0.3 is 0 Å². The first kappa shape index (κ1) is 12.6. The summed E-state index contributed by atoms with van der Waals surface area (Å²) in [6, 6.07) is 2.05. The fourth-order valence-electron chi connectivity index (χ4n) is 2.82. The van der Waals surface area contributed by atoms with Gasteiger partial charge in [0, 0.05) is 32.7 Å². The number of methoxy groups -OCH3 is 1. The maximum absolute atomic E-state index is 10.6. The van der Waals surface area contributed by atoms with Crippen LogP contribution in [0.15, 0.2) is 6.07 Å². The van der Waals surface area contributed by atoms with Gasteiger partial charge in [-0.05, 0) is 32.3 Å². The number of rotatable bonds is 3. The Labute approximate surface area is 103 Å². The lowest BCUT2D eigenvalue weighted by atomic mass is 9.80. The van der Waals surface area contributed by atoms with Gasteiger partial charge in [-0.2, -0.15) is 5.10 Å². The molecule has 0 spiro atoms. The zero-order valence-corrected chi connectivity index (χ0v) is 10.9. The minimum Gasteiger partial charge on any atom is -0.389 e. The molecule has 1 aromatic rings. The normalized spacial score (nSPS) is 29.5. The maximum atomic E-state index is 10.6. The number of nitrogens with zero attached hydrogens (tertiary/aromatic N) is 2. The van der Waals surface area contributed by atoms with E-state index < -0.39 is 5.60 Å². The first-order chi connectivity index (χ1) is 8.02. The third-order valence-electron chi connectivity index (χ3n) is 3.72. The van der Waals surface area contributed by atoms with Crippen molar-refractivity contribution in [3.8, 4) is 0 Å². The molecule has 4 heteroatoms. The van der Waals surface area contributed by atoms with Crippen molar-refractivity contribution in [3.63, 3.8) is 0 Å². The Balaban J connectivity index is 2.08. The Morgan fingerprint density at radius 2 is 2.41 bits per heavy atom. The monoisotopic (exact) mass is 238 g/mol. The molecule has 2 unspecified atom stereocenters. The summed E-state index contributed by atoms with van der Waals surface area (Å²) in [5, 5.41) is 15.0. The molecule has 1 saturated carbocycles. The topological polar surface area (TPSA) is 47.3 Å². The van der Waals surface area contributed by atoms with Crippen molar-refractivity contribution in [3.05, 3.63) is 17.5 Å². The van der Waals surface area contributed by atoms with Crippen LogP contribution >= 0.6 is 0 Å². The van der Waals surface area contributed by atoms with E-state index in [2.05, 4.69) is 5.10 Å². The zero-order valence-electron chi connectivity index (χ0n) is 10.9. The van der Waals surface area contributed by atoms with Crippen LogP contribution in [0.5, 0.6) is 0 Å². The molecular weight excluding hydrogens is 216 g/mol. The minimum atomic E-state index is -0.626. The molecule has 2 rings (SSSR count). The second-order valence-electron chi connectivity index (χ2n) is 5.26. The first-order valence-electron chi connectivity index (χ1n) is 6.27. The van der Waals surface area contributed by atoms with Crippen LogP contribution in [0.25, 0.3) is 0 Å². The number of aliphatic hydroxyl groups is 1. The van der Waals surface area contributed by atoms with Gasteiger partial charge in [-0.15, -0.1) is 0 Å². The molecular formula is C13H22N2O2. The van der Waals surface area contributed by atoms with Crippen LogP contribution in [0.3, 0.4) is 0 Å². The van der Waals surface area contributed by atoms with Crippen molar-refractivity contribution < 1.29 is 9.84 Å². The van der Waals surface area contributed by atoms with E-state index in [0.717, 1.165) is 37.1 Å². The van der Waals surface area contributed by atoms with Crippen molar-refractivity contribution in [2.24, 2.45) is 7.05 Å². The van der Waals surface area contributed by atoms with Crippen molar-refractivity contribution in [1.82, 2.24) is 9.78 Å². The molecule has 0 aliphatic heterocycles. The number of hydrogen-bond donors (Lipinski definition) is 1. The Kier molecular flexibility index (Phi) is 3.54. The third kappa shape index (κ3) is 2.87. The van der Waals surface area contributed by atoms with Crippen LogP contribution < -0.4 is 0 Å². The highest BCUT2D eigenvalue weighted by atomic mass is 16.5. The SMILES string of the molecule is COC1CCCC(O)(Cc2cc(C)nn2C)C1. The predicted octanol–water partition coefficient (Wildman–Crippen LogP) is 1.59. The molecule has 4 nitrogen and oxygen atoms in total. The van der Waals surface area contributed by atoms with Gasteiger partial charge in [0.05, 0.1) is 17.4 Å². The minimum absolute atomic E-state index is 0.197. The van der Waals surface area contributed by atoms with Crippen molar-refractivity contribution >= 4 is 0 Å². The predicted molar refractivity (Wildman–Crippen MR) is 65.9 cm³/mol. The van der Waals surface area contributed by atoms with E-state index in [-0.39, 0.29) is 6.10 Å². The lowest BCUT2D eigenvalue weighted by Crippen LogP contribution is -2.40. The van der Waals surface area contributed by atoms with Gasteiger partial charge in [0.1, 0.15) is 0 Å². The van der Waals surface area contributed by atoms with Crippen LogP contribution in [0.1, 0.15) is 37.1 Å². The van der Waals surface area contributed by atoms with Crippen molar-refractivity contribution in [2.75, 3.05) is 7.11 Å². The Morgan fingerprint density at radius 3 is 3.00 bits per heavy atom. The molecule has 1 aromatic heterocycles. The molecule has 96 valence electrons. The first-order valence-corrected chi connectivity index (χ1v) is 6.27. The molecule has 0 radical (unpaired) electrons. The molecule has 1 aliphatic carbocycles. The highest BCUT2D eigenvalue weighted by Crippen LogP contribution is 2.32. The Hall–Kier alpha value is -0.870. The summed E-state index contributed by atoms with van der Waals surface area (Å²) in [7, 11) is 3.66. The zero-order chi connectivity index (χ0) is 12.5. The summed E-state index contributed by atoms with van der Waals surface area (Å²) < 4.78 is 7.24. The van der Waals surface area contributed by atoms with Crippen LogP contribution in [0.2, 0.25) is 0 Å². The second kappa shape index (κ2) is 4.78. The van der Waals surface area contributed by atoms with Gasteiger partial charge in [0.15, 0.2) is 0 Å². The molecule has 0 saturated heterocycles. The summed E-state index contributed by atoms with van der Waals surface area (Å²) >= 11 is 0. The standard InChI is InChI=1S/C13H22N2O2/c1-10-7-11(15(2)14-10)8-13(16)6-4-5-12(9-13)17-3/h7,12,16H,4-6,8-9H2,1-3H3. The van der Waals surface area contributed by atoms with E-state index in [9.17, 15) is 5.11 Å². The molecule has 1 aliphatic rings. The quantitative estimate of drug-likeness (QED) is 0.870. The van der Waals surface area contributed by atoms with Crippen molar-refractivity contribution in [2.45, 2.75) is 50.7 Å². The average Bonchev–Trinajstić information content (AvgIpc) is 2.56. The largest absolute Gasteiger partial charge is 0.389 e. The molecule has 0 bridgehead atoms. The van der Waals surface area contributed by atoms with Crippen LogP contribution in [-0.4, -0.2) is 33.7 Å². The fraction of sp³-hybridized carbons (Fsp3) is 0.769. The summed E-state index contributed by atoms with van der Waals surface area (Å²) in [5.41, 5.74) is 1.48. The van der Waals surface area contributed by atoms with Crippen molar-refractivity contribution in [1.29, 1.82) is 0 Å². The maximum Gasteiger partial charge on any atom is 0.0727 e. The van der Waals surface area contributed by atoms with Gasteiger partial charge < -0.3 is 9.84 Å². The molecule has 2 atom stereocenters. The molecule has 1 N–H and O–H groups in total. The van der Waals surface area contributed by atoms with E-state index in [1.807, 2.05) is 24.7 Å². The summed E-state index contributed by atoms with van der Waals surface area (Å²) in [5.74, 6) is 0. The highest BCUT2D eigenvalue weighted by Gasteiger charge is 2.35. The molecule has 1 heterocycles. The summed E-state index contributed by atoms with van der Waals surface area (Å²) in [4.78, 5) is 0. The van der Waals surface area contributed by atoms with Crippen LogP contribution in [-0.2, 0) is 18.2 Å². The highest BCUT2D eigenvalue weighted by molar-refractivity contribution is 5.12. The summed E-state index contributed by atoms with van der Waals surface area (Å²) in [6.07, 6.45) is 4.55. The molecule has 0 aromatic carbocycles.